The third-order valence-electron chi connectivity index (χ3n) is 3.72. The number of hydrogen-bond acceptors (Lipinski definition) is 5. The van der Waals surface area contributed by atoms with E-state index in [1.807, 2.05) is 4.90 Å². The highest BCUT2D eigenvalue weighted by Crippen LogP contribution is 2.31. The van der Waals surface area contributed by atoms with Gasteiger partial charge in [-0.05, 0) is 22.0 Å². The first-order valence-electron chi connectivity index (χ1n) is 7.22. The van der Waals surface area contributed by atoms with E-state index in [0.29, 0.717) is 42.0 Å². The number of carbonyl (C=O) groups is 1. The molecule has 0 radical (unpaired) electrons. The topological polar surface area (TPSA) is 83.2 Å². The quantitative estimate of drug-likeness (QED) is 0.800. The van der Waals surface area contributed by atoms with Crippen LogP contribution in [0.4, 0.5) is 15.8 Å². The Balaban J connectivity index is 2.16. The van der Waals surface area contributed by atoms with Crippen LogP contribution in [-0.2, 0) is 4.79 Å². The maximum atomic E-state index is 14.4. The van der Waals surface area contributed by atoms with Crippen LogP contribution in [-0.4, -0.2) is 37.0 Å². The van der Waals surface area contributed by atoms with E-state index in [4.69, 9.17) is 10.5 Å². The molecule has 0 saturated carbocycles. The minimum atomic E-state index is -0.416. The molecule has 1 aromatic carbocycles. The van der Waals surface area contributed by atoms with E-state index >= 15 is 0 Å². The van der Waals surface area contributed by atoms with Crippen LogP contribution in [0.25, 0.3) is 0 Å². The zero-order chi connectivity index (χ0) is 17.7. The van der Waals surface area contributed by atoms with Gasteiger partial charge in [-0.3, -0.25) is 4.79 Å². The lowest BCUT2D eigenvalue weighted by molar-refractivity contribution is -0.129. The van der Waals surface area contributed by atoms with Crippen molar-refractivity contribution in [1.29, 1.82) is 10.5 Å². The minimum absolute atomic E-state index is 0.0217. The summed E-state index contributed by atoms with van der Waals surface area (Å²) in [5.74, 6) is -0.394. The first kappa shape index (κ1) is 17.8. The Morgan fingerprint density at radius 2 is 1.92 bits per heavy atom. The van der Waals surface area contributed by atoms with E-state index in [1.165, 1.54) is 19.2 Å². The van der Waals surface area contributed by atoms with E-state index < -0.39 is 5.82 Å². The minimum Gasteiger partial charge on any atom is -0.366 e. The molecule has 24 heavy (non-hydrogen) atoms. The molecule has 1 aliphatic heterocycles. The van der Waals surface area contributed by atoms with Gasteiger partial charge in [0, 0.05) is 49.8 Å². The van der Waals surface area contributed by atoms with Crippen molar-refractivity contribution in [2.45, 2.75) is 6.92 Å². The number of hydrogen-bond donors (Lipinski definition) is 1. The third-order valence-corrected chi connectivity index (χ3v) is 4.37. The molecule has 1 N–H and O–H groups in total. The first-order chi connectivity index (χ1) is 11.5. The van der Waals surface area contributed by atoms with Crippen LogP contribution in [0.3, 0.4) is 0 Å². The van der Waals surface area contributed by atoms with Gasteiger partial charge in [0.2, 0.25) is 5.91 Å². The lowest BCUT2D eigenvalue weighted by Crippen LogP contribution is -2.48. The number of rotatable bonds is 3. The summed E-state index contributed by atoms with van der Waals surface area (Å²) in [7, 11) is 0. The van der Waals surface area contributed by atoms with Crippen molar-refractivity contribution in [2.24, 2.45) is 0 Å². The average molecular weight is 392 g/mol. The molecular weight excluding hydrogens is 377 g/mol. The van der Waals surface area contributed by atoms with E-state index in [2.05, 4.69) is 21.2 Å². The third kappa shape index (κ3) is 4.03. The zero-order valence-corrected chi connectivity index (χ0v) is 14.6. The molecule has 0 aromatic heterocycles. The van der Waals surface area contributed by atoms with Crippen LogP contribution in [0.5, 0.6) is 0 Å². The number of allylic oxidation sites excluding steroid dienone is 1. The molecule has 0 bridgehead atoms. The number of amides is 1. The van der Waals surface area contributed by atoms with E-state index in [0.717, 1.165) is 0 Å². The van der Waals surface area contributed by atoms with E-state index in [1.54, 1.807) is 23.1 Å². The van der Waals surface area contributed by atoms with Crippen molar-refractivity contribution >= 4 is 33.2 Å². The molecule has 1 saturated heterocycles. The second kappa shape index (κ2) is 7.80. The highest BCUT2D eigenvalue weighted by molar-refractivity contribution is 9.10. The van der Waals surface area contributed by atoms with Crippen molar-refractivity contribution < 1.29 is 9.18 Å². The standard InChI is InChI=1S/C16H15BrFN5O/c1-11(24)22-2-4-23(5-3-22)16-6-13(17)15(7-14(16)18)21-10-12(8-19)9-20/h6-7,10,21H,2-5H2,1H3. The summed E-state index contributed by atoms with van der Waals surface area (Å²) in [6, 6.07) is 6.39. The van der Waals surface area contributed by atoms with Gasteiger partial charge in [0.25, 0.3) is 0 Å². The Bertz CT molecular complexity index is 741. The van der Waals surface area contributed by atoms with Crippen molar-refractivity contribution in [3.63, 3.8) is 0 Å². The lowest BCUT2D eigenvalue weighted by atomic mass is 10.2. The Kier molecular flexibility index (Phi) is 5.78. The first-order valence-corrected chi connectivity index (χ1v) is 8.02. The molecule has 1 heterocycles. The smallest absolute Gasteiger partial charge is 0.219 e. The highest BCUT2D eigenvalue weighted by atomic mass is 79.9. The highest BCUT2D eigenvalue weighted by Gasteiger charge is 2.21. The van der Waals surface area contributed by atoms with Crippen molar-refractivity contribution in [3.8, 4) is 12.1 Å². The van der Waals surface area contributed by atoms with Crippen molar-refractivity contribution in [3.05, 3.63) is 34.2 Å². The molecule has 1 amide bonds. The molecule has 8 heteroatoms. The molecule has 2 rings (SSSR count). The summed E-state index contributed by atoms with van der Waals surface area (Å²) in [5, 5.41) is 20.1. The van der Waals surface area contributed by atoms with E-state index in [-0.39, 0.29) is 11.5 Å². The maximum Gasteiger partial charge on any atom is 0.219 e. The fourth-order valence-electron chi connectivity index (χ4n) is 2.39. The van der Waals surface area contributed by atoms with Gasteiger partial charge >= 0.3 is 0 Å². The van der Waals surface area contributed by atoms with Gasteiger partial charge in [-0.1, -0.05) is 0 Å². The average Bonchev–Trinajstić information content (AvgIpc) is 2.58. The van der Waals surface area contributed by atoms with Crippen LogP contribution >= 0.6 is 15.9 Å². The Morgan fingerprint density at radius 3 is 2.46 bits per heavy atom. The Labute approximate surface area is 147 Å². The Morgan fingerprint density at radius 1 is 1.29 bits per heavy atom. The number of nitrogens with zero attached hydrogens (tertiary/aromatic N) is 4. The monoisotopic (exact) mass is 391 g/mol. The normalized spacial score (nSPS) is 13.7. The maximum absolute atomic E-state index is 14.4. The number of anilines is 2. The fraction of sp³-hybridized carbons (Fsp3) is 0.312. The lowest BCUT2D eigenvalue weighted by Gasteiger charge is -2.36. The van der Waals surface area contributed by atoms with Gasteiger partial charge in [0.1, 0.15) is 23.5 Å². The van der Waals surface area contributed by atoms with Crippen LogP contribution in [0.1, 0.15) is 6.92 Å². The number of nitrogens with one attached hydrogen (secondary N) is 1. The molecule has 0 unspecified atom stereocenters. The van der Waals surface area contributed by atoms with Gasteiger partial charge in [-0.15, -0.1) is 0 Å². The number of benzene rings is 1. The summed E-state index contributed by atoms with van der Waals surface area (Å²) >= 11 is 3.36. The molecule has 124 valence electrons. The number of piperazine rings is 1. The predicted molar refractivity (Wildman–Crippen MR) is 91.5 cm³/mol. The SMILES string of the molecule is CC(=O)N1CCN(c2cc(Br)c(NC=C(C#N)C#N)cc2F)CC1. The van der Waals surface area contributed by atoms with Gasteiger partial charge in [0.05, 0.1) is 11.4 Å². The predicted octanol–water partition coefficient (Wildman–Crippen LogP) is 2.60. The zero-order valence-electron chi connectivity index (χ0n) is 13.0. The second-order valence-electron chi connectivity index (χ2n) is 5.20. The van der Waals surface area contributed by atoms with E-state index in [9.17, 15) is 9.18 Å². The van der Waals surface area contributed by atoms with Crippen LogP contribution in [0, 0.1) is 28.5 Å². The van der Waals surface area contributed by atoms with Gasteiger partial charge in [0.15, 0.2) is 0 Å². The molecule has 1 aromatic rings. The Hall–Kier alpha value is -2.58. The summed E-state index contributed by atoms with van der Waals surface area (Å²) in [5.41, 5.74) is 0.758. The van der Waals surface area contributed by atoms with Gasteiger partial charge < -0.3 is 15.1 Å². The van der Waals surface area contributed by atoms with Gasteiger partial charge in [-0.25, -0.2) is 4.39 Å². The summed E-state index contributed by atoms with van der Waals surface area (Å²) in [6.45, 7) is 3.76. The molecule has 0 atom stereocenters. The summed E-state index contributed by atoms with van der Waals surface area (Å²) < 4.78 is 15.0. The molecule has 1 aliphatic rings. The summed E-state index contributed by atoms with van der Waals surface area (Å²) in [6.07, 6.45) is 1.23. The molecule has 0 spiro atoms. The number of carbonyl (C=O) groups excluding carboxylic acids is 1. The molecule has 0 aliphatic carbocycles. The van der Waals surface area contributed by atoms with Gasteiger partial charge in [-0.2, -0.15) is 10.5 Å². The van der Waals surface area contributed by atoms with Crippen LogP contribution < -0.4 is 10.2 Å². The second-order valence-corrected chi connectivity index (χ2v) is 6.06. The fourth-order valence-corrected chi connectivity index (χ4v) is 2.84. The molecule has 6 nitrogen and oxygen atoms in total. The number of halogens is 2. The largest absolute Gasteiger partial charge is 0.366 e. The summed E-state index contributed by atoms with van der Waals surface area (Å²) in [4.78, 5) is 15.0. The molecule has 1 fully saturated rings. The van der Waals surface area contributed by atoms with Crippen LogP contribution in [0.2, 0.25) is 0 Å². The van der Waals surface area contributed by atoms with Crippen molar-refractivity contribution in [1.82, 2.24) is 4.90 Å². The van der Waals surface area contributed by atoms with Crippen molar-refractivity contribution in [2.75, 3.05) is 36.4 Å². The van der Waals surface area contributed by atoms with Crippen LogP contribution in [0.15, 0.2) is 28.4 Å². The number of nitriles is 2. The molecular formula is C16H15BrFN5O.